The van der Waals surface area contributed by atoms with Gasteiger partial charge < -0.3 is 10.2 Å². The predicted octanol–water partition coefficient (Wildman–Crippen LogP) is 4.11. The first-order valence-corrected chi connectivity index (χ1v) is 9.16. The zero-order valence-corrected chi connectivity index (χ0v) is 16.1. The standard InChI is InChI=1S/C22H28N2O2/c1-5-19-11-8-12-20(6-2)22(19)23-21(26)15-24(17(4)25)14-18-10-7-9-16(3)13-18/h7-13H,5-6,14-15H2,1-4H3,(H,23,26). The Kier molecular flexibility index (Phi) is 6.96. The maximum absolute atomic E-state index is 12.6. The number of rotatable bonds is 7. The molecule has 0 unspecified atom stereocenters. The second kappa shape index (κ2) is 9.18. The Labute approximate surface area is 156 Å². The van der Waals surface area contributed by atoms with Crippen molar-refractivity contribution in [2.24, 2.45) is 0 Å². The summed E-state index contributed by atoms with van der Waals surface area (Å²) in [6.07, 6.45) is 1.70. The molecule has 0 spiro atoms. The van der Waals surface area contributed by atoms with E-state index in [1.807, 2.05) is 49.4 Å². The molecule has 0 aliphatic heterocycles. The molecular formula is C22H28N2O2. The van der Waals surface area contributed by atoms with Crippen LogP contribution in [0, 0.1) is 6.92 Å². The number of carbonyl (C=O) groups excluding carboxylic acids is 2. The van der Waals surface area contributed by atoms with Crippen molar-refractivity contribution in [3.63, 3.8) is 0 Å². The molecule has 0 aromatic heterocycles. The van der Waals surface area contributed by atoms with E-state index in [2.05, 4.69) is 19.2 Å². The minimum Gasteiger partial charge on any atom is -0.329 e. The van der Waals surface area contributed by atoms with Gasteiger partial charge in [-0.05, 0) is 36.5 Å². The summed E-state index contributed by atoms with van der Waals surface area (Å²) in [4.78, 5) is 26.2. The Morgan fingerprint density at radius 2 is 1.62 bits per heavy atom. The van der Waals surface area contributed by atoms with Gasteiger partial charge in [0.05, 0.1) is 0 Å². The number of aryl methyl sites for hydroxylation is 3. The number of hydrogen-bond acceptors (Lipinski definition) is 2. The number of nitrogens with one attached hydrogen (secondary N) is 1. The van der Waals surface area contributed by atoms with Gasteiger partial charge in [0.15, 0.2) is 0 Å². The van der Waals surface area contributed by atoms with Gasteiger partial charge in [-0.3, -0.25) is 9.59 Å². The van der Waals surface area contributed by atoms with E-state index < -0.39 is 0 Å². The molecule has 0 fully saturated rings. The second-order valence-electron chi connectivity index (χ2n) is 6.57. The van der Waals surface area contributed by atoms with Crippen LogP contribution < -0.4 is 5.32 Å². The molecule has 2 aromatic carbocycles. The van der Waals surface area contributed by atoms with E-state index in [4.69, 9.17) is 0 Å². The lowest BCUT2D eigenvalue weighted by molar-refractivity contribution is -0.133. The van der Waals surface area contributed by atoms with Crippen molar-refractivity contribution in [1.29, 1.82) is 0 Å². The molecule has 0 saturated heterocycles. The Bertz CT molecular complexity index is 761. The number of amides is 2. The third-order valence-corrected chi connectivity index (χ3v) is 4.50. The molecular weight excluding hydrogens is 324 g/mol. The van der Waals surface area contributed by atoms with Crippen LogP contribution in [0.1, 0.15) is 43.0 Å². The van der Waals surface area contributed by atoms with Crippen LogP contribution in [0.4, 0.5) is 5.69 Å². The molecule has 0 radical (unpaired) electrons. The first-order chi connectivity index (χ1) is 12.4. The zero-order valence-electron chi connectivity index (χ0n) is 16.1. The second-order valence-corrected chi connectivity index (χ2v) is 6.57. The summed E-state index contributed by atoms with van der Waals surface area (Å²) < 4.78 is 0. The maximum atomic E-state index is 12.6. The fraction of sp³-hybridized carbons (Fsp3) is 0.364. The summed E-state index contributed by atoms with van der Waals surface area (Å²) in [5.74, 6) is -0.274. The first kappa shape index (κ1) is 19.7. The van der Waals surface area contributed by atoms with Crippen molar-refractivity contribution >= 4 is 17.5 Å². The molecule has 1 N–H and O–H groups in total. The summed E-state index contributed by atoms with van der Waals surface area (Å²) in [6, 6.07) is 14.1. The van der Waals surface area contributed by atoms with Gasteiger partial charge in [0.1, 0.15) is 6.54 Å². The van der Waals surface area contributed by atoms with Gasteiger partial charge in [-0.2, -0.15) is 0 Å². The van der Waals surface area contributed by atoms with Crippen molar-refractivity contribution in [2.45, 2.75) is 47.1 Å². The third kappa shape index (κ3) is 5.19. The highest BCUT2D eigenvalue weighted by molar-refractivity contribution is 5.95. The quantitative estimate of drug-likeness (QED) is 0.815. The molecule has 0 heterocycles. The normalized spacial score (nSPS) is 10.5. The predicted molar refractivity (Wildman–Crippen MR) is 106 cm³/mol. The lowest BCUT2D eigenvalue weighted by Crippen LogP contribution is -2.36. The SMILES string of the molecule is CCc1cccc(CC)c1NC(=O)CN(Cc1cccc(C)c1)C(C)=O. The van der Waals surface area contributed by atoms with Crippen molar-refractivity contribution < 1.29 is 9.59 Å². The van der Waals surface area contributed by atoms with E-state index in [0.29, 0.717) is 6.54 Å². The smallest absolute Gasteiger partial charge is 0.244 e. The minimum absolute atomic E-state index is 0.0461. The largest absolute Gasteiger partial charge is 0.329 e. The van der Waals surface area contributed by atoms with E-state index in [1.165, 1.54) is 6.92 Å². The molecule has 0 atom stereocenters. The van der Waals surface area contributed by atoms with E-state index in [0.717, 1.165) is 40.8 Å². The number of carbonyl (C=O) groups is 2. The van der Waals surface area contributed by atoms with Crippen LogP contribution in [0.2, 0.25) is 0 Å². The molecule has 4 nitrogen and oxygen atoms in total. The fourth-order valence-electron chi connectivity index (χ4n) is 3.06. The van der Waals surface area contributed by atoms with Gasteiger partial charge in [-0.25, -0.2) is 0 Å². The Hall–Kier alpha value is -2.62. The lowest BCUT2D eigenvalue weighted by atomic mass is 10.0. The van der Waals surface area contributed by atoms with E-state index >= 15 is 0 Å². The van der Waals surface area contributed by atoms with Crippen LogP contribution in [0.3, 0.4) is 0 Å². The Morgan fingerprint density at radius 3 is 2.15 bits per heavy atom. The van der Waals surface area contributed by atoms with Crippen LogP contribution in [0.15, 0.2) is 42.5 Å². The van der Waals surface area contributed by atoms with Crippen LogP contribution in [0.25, 0.3) is 0 Å². The highest BCUT2D eigenvalue weighted by Crippen LogP contribution is 2.22. The molecule has 2 amide bonds. The van der Waals surface area contributed by atoms with Gasteiger partial charge >= 0.3 is 0 Å². The highest BCUT2D eigenvalue weighted by Gasteiger charge is 2.16. The fourth-order valence-corrected chi connectivity index (χ4v) is 3.06. The molecule has 0 aliphatic carbocycles. The van der Waals surface area contributed by atoms with Gasteiger partial charge in [0, 0.05) is 19.2 Å². The number of anilines is 1. The minimum atomic E-state index is -0.163. The molecule has 0 aliphatic rings. The van der Waals surface area contributed by atoms with Crippen LogP contribution >= 0.6 is 0 Å². The van der Waals surface area contributed by atoms with Crippen LogP contribution in [-0.2, 0) is 29.0 Å². The van der Waals surface area contributed by atoms with Crippen molar-refractivity contribution in [2.75, 3.05) is 11.9 Å². The summed E-state index contributed by atoms with van der Waals surface area (Å²) in [6.45, 7) is 8.14. The summed E-state index contributed by atoms with van der Waals surface area (Å²) in [7, 11) is 0. The first-order valence-electron chi connectivity index (χ1n) is 9.16. The third-order valence-electron chi connectivity index (χ3n) is 4.50. The van der Waals surface area contributed by atoms with Crippen molar-refractivity contribution in [3.05, 3.63) is 64.7 Å². The van der Waals surface area contributed by atoms with Gasteiger partial charge in [0.25, 0.3) is 0 Å². The summed E-state index contributed by atoms with van der Waals surface area (Å²) in [5.41, 5.74) is 5.29. The number of nitrogens with zero attached hydrogens (tertiary/aromatic N) is 1. The number of para-hydroxylation sites is 1. The van der Waals surface area contributed by atoms with Crippen LogP contribution in [0.5, 0.6) is 0 Å². The molecule has 0 bridgehead atoms. The van der Waals surface area contributed by atoms with Crippen molar-refractivity contribution in [1.82, 2.24) is 4.90 Å². The molecule has 26 heavy (non-hydrogen) atoms. The Balaban J connectivity index is 2.12. The monoisotopic (exact) mass is 352 g/mol. The molecule has 138 valence electrons. The van der Waals surface area contributed by atoms with Gasteiger partial charge in [-0.1, -0.05) is 61.9 Å². The molecule has 4 heteroatoms. The number of hydrogen-bond donors (Lipinski definition) is 1. The maximum Gasteiger partial charge on any atom is 0.244 e. The Morgan fingerprint density at radius 1 is 1.00 bits per heavy atom. The lowest BCUT2D eigenvalue weighted by Gasteiger charge is -2.22. The van der Waals surface area contributed by atoms with Gasteiger partial charge in [-0.15, -0.1) is 0 Å². The highest BCUT2D eigenvalue weighted by atomic mass is 16.2. The topological polar surface area (TPSA) is 49.4 Å². The summed E-state index contributed by atoms with van der Waals surface area (Å²) >= 11 is 0. The molecule has 2 rings (SSSR count). The molecule has 0 saturated carbocycles. The average molecular weight is 352 g/mol. The zero-order chi connectivity index (χ0) is 19.1. The van der Waals surface area contributed by atoms with E-state index in [1.54, 1.807) is 4.90 Å². The van der Waals surface area contributed by atoms with E-state index in [9.17, 15) is 9.59 Å². The van der Waals surface area contributed by atoms with Crippen LogP contribution in [-0.4, -0.2) is 23.3 Å². The average Bonchev–Trinajstić information content (AvgIpc) is 2.61. The molecule has 2 aromatic rings. The number of benzene rings is 2. The summed E-state index contributed by atoms with van der Waals surface area (Å²) in [5, 5.41) is 3.03. The van der Waals surface area contributed by atoms with E-state index in [-0.39, 0.29) is 18.4 Å². The van der Waals surface area contributed by atoms with Gasteiger partial charge in [0.2, 0.25) is 11.8 Å². The van der Waals surface area contributed by atoms with Crippen molar-refractivity contribution in [3.8, 4) is 0 Å².